The maximum Gasteiger partial charge on any atom is 0.272 e. The van der Waals surface area contributed by atoms with Gasteiger partial charge in [0.25, 0.3) is 11.8 Å². The highest BCUT2D eigenvalue weighted by atomic mass is 32.2. The lowest BCUT2D eigenvalue weighted by Gasteiger charge is -2.13. The number of carbonyl (C=O) groups is 3. The zero-order chi connectivity index (χ0) is 33.9. The van der Waals surface area contributed by atoms with Crippen LogP contribution in [0.15, 0.2) is 113 Å². The Morgan fingerprint density at radius 1 is 0.812 bits per heavy atom. The van der Waals surface area contributed by atoms with E-state index in [2.05, 4.69) is 20.9 Å². The second-order valence-electron chi connectivity index (χ2n) is 10.1. The molecule has 1 heterocycles. The molecule has 12 heteroatoms. The van der Waals surface area contributed by atoms with Crippen molar-refractivity contribution < 1.29 is 28.6 Å². The molecule has 244 valence electrons. The van der Waals surface area contributed by atoms with Crippen molar-refractivity contribution >= 4 is 57.7 Å². The lowest BCUT2D eigenvalue weighted by Crippen LogP contribution is -2.30. The van der Waals surface area contributed by atoms with Gasteiger partial charge < -0.3 is 30.2 Å². The second kappa shape index (κ2) is 16.3. The van der Waals surface area contributed by atoms with Crippen LogP contribution in [0.25, 0.3) is 17.3 Å². The Labute approximate surface area is 286 Å². The predicted molar refractivity (Wildman–Crippen MR) is 190 cm³/mol. The minimum Gasteiger partial charge on any atom is -0.497 e. The number of benzene rings is 4. The van der Waals surface area contributed by atoms with E-state index in [1.807, 2.05) is 29.6 Å². The maximum atomic E-state index is 13.4. The van der Waals surface area contributed by atoms with E-state index < -0.39 is 11.8 Å². The number of nitrogens with one attached hydrogen (secondary N) is 3. The van der Waals surface area contributed by atoms with Gasteiger partial charge in [-0.3, -0.25) is 14.4 Å². The van der Waals surface area contributed by atoms with E-state index in [9.17, 15) is 14.4 Å². The Kier molecular flexibility index (Phi) is 11.5. The van der Waals surface area contributed by atoms with Crippen LogP contribution in [0.2, 0.25) is 0 Å². The van der Waals surface area contributed by atoms with Crippen LogP contribution in [0.3, 0.4) is 0 Å². The first-order valence-corrected chi connectivity index (χ1v) is 16.5. The Balaban J connectivity index is 1.21. The van der Waals surface area contributed by atoms with Crippen molar-refractivity contribution in [3.8, 4) is 28.5 Å². The SMILES string of the molecule is COc1ccc(-c2csc(NC(=O)CSc3ccc(NC(=O)/C(=C/c4ccc(OC)c(OC)c4)NC(=O)c4ccccc4)cc3)n2)cc1. The van der Waals surface area contributed by atoms with Crippen LogP contribution in [-0.2, 0) is 9.59 Å². The van der Waals surface area contributed by atoms with E-state index in [0.29, 0.717) is 33.4 Å². The standard InChI is InChI=1S/C36H32N4O6S2/c1-44-27-14-10-24(11-15-27)30-21-48-36(39-30)40-33(41)22-47-28-16-12-26(13-17-28)37-35(43)29(38-34(42)25-7-5-4-6-8-25)19-23-9-18-31(45-2)32(20-23)46-3/h4-21H,22H2,1-3H3,(H,37,43)(H,38,42)(H,39,40,41)/b29-19-. The molecule has 5 aromatic rings. The van der Waals surface area contributed by atoms with Crippen molar-refractivity contribution in [1.82, 2.24) is 10.3 Å². The predicted octanol–water partition coefficient (Wildman–Crippen LogP) is 6.98. The van der Waals surface area contributed by atoms with Gasteiger partial charge in [-0.25, -0.2) is 4.98 Å². The first-order valence-electron chi connectivity index (χ1n) is 14.6. The van der Waals surface area contributed by atoms with Crippen LogP contribution >= 0.6 is 23.1 Å². The molecule has 3 amide bonds. The van der Waals surface area contributed by atoms with E-state index in [0.717, 1.165) is 21.9 Å². The number of hydrogen-bond donors (Lipinski definition) is 3. The summed E-state index contributed by atoms with van der Waals surface area (Å²) >= 11 is 2.70. The highest BCUT2D eigenvalue weighted by Gasteiger charge is 2.16. The molecule has 0 unspecified atom stereocenters. The van der Waals surface area contributed by atoms with Gasteiger partial charge in [0, 0.05) is 27.1 Å². The number of aromatic nitrogens is 1. The van der Waals surface area contributed by atoms with Crippen molar-refractivity contribution in [1.29, 1.82) is 0 Å². The molecule has 0 saturated carbocycles. The molecule has 0 atom stereocenters. The van der Waals surface area contributed by atoms with E-state index >= 15 is 0 Å². The molecule has 48 heavy (non-hydrogen) atoms. The molecular formula is C36H32N4O6S2. The topological polar surface area (TPSA) is 128 Å². The first-order chi connectivity index (χ1) is 23.3. The van der Waals surface area contributed by atoms with Crippen molar-refractivity contribution in [3.63, 3.8) is 0 Å². The van der Waals surface area contributed by atoms with Gasteiger partial charge in [0.15, 0.2) is 16.6 Å². The number of hydrogen-bond acceptors (Lipinski definition) is 9. The number of anilines is 2. The van der Waals surface area contributed by atoms with Crippen molar-refractivity contribution in [2.45, 2.75) is 4.90 Å². The number of ether oxygens (including phenoxy) is 3. The van der Waals surface area contributed by atoms with Crippen LogP contribution in [0.4, 0.5) is 10.8 Å². The van der Waals surface area contributed by atoms with Gasteiger partial charge >= 0.3 is 0 Å². The normalized spacial score (nSPS) is 10.9. The number of rotatable bonds is 13. The first kappa shape index (κ1) is 33.8. The molecule has 4 aromatic carbocycles. The van der Waals surface area contributed by atoms with Gasteiger partial charge in [0.1, 0.15) is 11.4 Å². The molecule has 0 aliphatic carbocycles. The molecule has 0 aliphatic rings. The van der Waals surface area contributed by atoms with Gasteiger partial charge in [0.2, 0.25) is 5.91 Å². The average Bonchev–Trinajstić information content (AvgIpc) is 3.59. The zero-order valence-electron chi connectivity index (χ0n) is 26.3. The second-order valence-corrected chi connectivity index (χ2v) is 12.0. The van der Waals surface area contributed by atoms with E-state index in [1.165, 1.54) is 37.3 Å². The lowest BCUT2D eigenvalue weighted by molar-refractivity contribution is -0.114. The summed E-state index contributed by atoms with van der Waals surface area (Å²) in [6, 6.07) is 28.4. The summed E-state index contributed by atoms with van der Waals surface area (Å²) in [5, 5.41) is 10.8. The van der Waals surface area contributed by atoms with Crippen LogP contribution in [0.5, 0.6) is 17.2 Å². The van der Waals surface area contributed by atoms with E-state index in [-0.39, 0.29) is 17.4 Å². The maximum absolute atomic E-state index is 13.4. The third-order valence-corrected chi connectivity index (χ3v) is 8.64. The van der Waals surface area contributed by atoms with Gasteiger partial charge in [-0.05, 0) is 84.4 Å². The molecule has 10 nitrogen and oxygen atoms in total. The summed E-state index contributed by atoms with van der Waals surface area (Å²) in [5.41, 5.74) is 3.26. The lowest BCUT2D eigenvalue weighted by atomic mass is 10.1. The van der Waals surface area contributed by atoms with Crippen molar-refractivity contribution in [2.75, 3.05) is 37.7 Å². The number of nitrogens with zero attached hydrogens (tertiary/aromatic N) is 1. The third kappa shape index (κ3) is 9.02. The number of carbonyl (C=O) groups excluding carboxylic acids is 3. The van der Waals surface area contributed by atoms with Gasteiger partial charge in [-0.2, -0.15) is 0 Å². The number of amides is 3. The summed E-state index contributed by atoms with van der Waals surface area (Å²) in [6.07, 6.45) is 1.56. The molecule has 0 saturated heterocycles. The van der Waals surface area contributed by atoms with Crippen molar-refractivity contribution in [3.05, 3.63) is 119 Å². The monoisotopic (exact) mass is 680 g/mol. The Morgan fingerprint density at radius 3 is 2.23 bits per heavy atom. The van der Waals surface area contributed by atoms with E-state index in [4.69, 9.17) is 14.2 Å². The quantitative estimate of drug-likeness (QED) is 0.0899. The minimum absolute atomic E-state index is 0.0310. The molecule has 0 bridgehead atoms. The van der Waals surface area contributed by atoms with Crippen LogP contribution < -0.4 is 30.2 Å². The fraction of sp³-hybridized carbons (Fsp3) is 0.111. The number of methoxy groups -OCH3 is 3. The molecule has 0 radical (unpaired) electrons. The Hall–Kier alpha value is -5.59. The molecule has 1 aromatic heterocycles. The van der Waals surface area contributed by atoms with Gasteiger partial charge in [-0.1, -0.05) is 24.3 Å². The summed E-state index contributed by atoms with van der Waals surface area (Å²) < 4.78 is 15.9. The largest absolute Gasteiger partial charge is 0.497 e. The summed E-state index contributed by atoms with van der Waals surface area (Å²) in [5.74, 6) is 0.802. The summed E-state index contributed by atoms with van der Waals surface area (Å²) in [6.45, 7) is 0. The minimum atomic E-state index is -0.522. The zero-order valence-corrected chi connectivity index (χ0v) is 27.9. The average molecular weight is 681 g/mol. The highest BCUT2D eigenvalue weighted by Crippen LogP contribution is 2.29. The molecular weight excluding hydrogens is 649 g/mol. The van der Waals surface area contributed by atoms with Crippen LogP contribution in [-0.4, -0.2) is 49.8 Å². The fourth-order valence-electron chi connectivity index (χ4n) is 4.41. The van der Waals surface area contributed by atoms with Crippen molar-refractivity contribution in [2.24, 2.45) is 0 Å². The molecule has 3 N–H and O–H groups in total. The molecule has 0 spiro atoms. The number of thiazole rings is 1. The Bertz CT molecular complexity index is 1910. The van der Waals surface area contributed by atoms with Gasteiger partial charge in [0.05, 0.1) is 32.8 Å². The van der Waals surface area contributed by atoms with Crippen LogP contribution in [0.1, 0.15) is 15.9 Å². The van der Waals surface area contributed by atoms with E-state index in [1.54, 1.807) is 86.0 Å². The van der Waals surface area contributed by atoms with Crippen LogP contribution in [0, 0.1) is 0 Å². The highest BCUT2D eigenvalue weighted by molar-refractivity contribution is 8.00. The molecule has 5 rings (SSSR count). The number of thioether (sulfide) groups is 1. The smallest absolute Gasteiger partial charge is 0.272 e. The molecule has 0 fully saturated rings. The Morgan fingerprint density at radius 2 is 1.54 bits per heavy atom. The molecule has 0 aliphatic heterocycles. The third-order valence-electron chi connectivity index (χ3n) is 6.87. The van der Waals surface area contributed by atoms with Gasteiger partial charge in [-0.15, -0.1) is 23.1 Å². The fourth-order valence-corrected chi connectivity index (χ4v) is 5.85. The summed E-state index contributed by atoms with van der Waals surface area (Å²) in [4.78, 5) is 44.4. The summed E-state index contributed by atoms with van der Waals surface area (Å²) in [7, 11) is 4.67.